The SMILES string of the molecule is O=C(NCc1ccc(Cl)cc1)Nc1cc([N+](=O)[O-])ccc1OC(F)F. The van der Waals surface area contributed by atoms with Gasteiger partial charge in [0.05, 0.1) is 10.6 Å². The van der Waals surface area contributed by atoms with Gasteiger partial charge in [-0.2, -0.15) is 8.78 Å². The van der Waals surface area contributed by atoms with Crippen LogP contribution in [0.25, 0.3) is 0 Å². The molecule has 2 N–H and O–H groups in total. The number of hydrogen-bond donors (Lipinski definition) is 2. The second-order valence-electron chi connectivity index (χ2n) is 4.75. The van der Waals surface area contributed by atoms with E-state index in [1.54, 1.807) is 24.3 Å². The number of nitro benzene ring substituents is 1. The van der Waals surface area contributed by atoms with Crippen molar-refractivity contribution in [2.75, 3.05) is 5.32 Å². The van der Waals surface area contributed by atoms with Crippen LogP contribution in [0.1, 0.15) is 5.56 Å². The number of nitrogens with one attached hydrogen (secondary N) is 2. The van der Waals surface area contributed by atoms with Crippen molar-refractivity contribution in [2.24, 2.45) is 0 Å². The van der Waals surface area contributed by atoms with Crippen LogP contribution in [-0.4, -0.2) is 17.6 Å². The number of halogens is 3. The molecule has 0 fully saturated rings. The van der Waals surface area contributed by atoms with Crippen molar-refractivity contribution >= 4 is 29.0 Å². The average molecular weight is 372 g/mol. The van der Waals surface area contributed by atoms with Crippen LogP contribution in [0.5, 0.6) is 5.75 Å². The third-order valence-electron chi connectivity index (χ3n) is 3.00. The highest BCUT2D eigenvalue weighted by Gasteiger charge is 2.16. The molecule has 0 saturated heterocycles. The molecule has 0 saturated carbocycles. The number of amides is 2. The maximum atomic E-state index is 12.4. The molecule has 10 heteroatoms. The second kappa shape index (κ2) is 8.25. The molecule has 0 aliphatic rings. The Morgan fingerprint density at radius 3 is 2.52 bits per heavy atom. The quantitative estimate of drug-likeness (QED) is 0.588. The number of carbonyl (C=O) groups excluding carboxylic acids is 1. The van der Waals surface area contributed by atoms with E-state index in [1.165, 1.54) is 0 Å². The van der Waals surface area contributed by atoms with E-state index in [0.717, 1.165) is 23.8 Å². The van der Waals surface area contributed by atoms with Gasteiger partial charge in [-0.3, -0.25) is 10.1 Å². The van der Waals surface area contributed by atoms with Gasteiger partial charge in [-0.05, 0) is 23.8 Å². The van der Waals surface area contributed by atoms with Crippen molar-refractivity contribution in [1.29, 1.82) is 0 Å². The fourth-order valence-electron chi connectivity index (χ4n) is 1.88. The second-order valence-corrected chi connectivity index (χ2v) is 5.19. The van der Waals surface area contributed by atoms with Gasteiger partial charge in [0.1, 0.15) is 5.75 Å². The van der Waals surface area contributed by atoms with Crippen molar-refractivity contribution in [3.63, 3.8) is 0 Å². The number of alkyl halides is 2. The largest absolute Gasteiger partial charge is 0.433 e. The zero-order valence-electron chi connectivity index (χ0n) is 12.5. The predicted molar refractivity (Wildman–Crippen MR) is 87.0 cm³/mol. The third-order valence-corrected chi connectivity index (χ3v) is 3.26. The number of non-ortho nitro benzene ring substituents is 1. The highest BCUT2D eigenvalue weighted by atomic mass is 35.5. The molecule has 25 heavy (non-hydrogen) atoms. The molecule has 7 nitrogen and oxygen atoms in total. The number of benzene rings is 2. The van der Waals surface area contributed by atoms with Crippen LogP contribution in [0.3, 0.4) is 0 Å². The molecule has 0 bridgehead atoms. The number of urea groups is 1. The molecular formula is C15H12ClF2N3O4. The van der Waals surface area contributed by atoms with Crippen LogP contribution >= 0.6 is 11.6 Å². The van der Waals surface area contributed by atoms with Gasteiger partial charge >= 0.3 is 12.6 Å². The number of rotatable bonds is 6. The molecule has 0 radical (unpaired) electrons. The summed E-state index contributed by atoms with van der Waals surface area (Å²) in [5.41, 5.74) is 0.125. The Bertz CT molecular complexity index is 772. The highest BCUT2D eigenvalue weighted by molar-refractivity contribution is 6.30. The summed E-state index contributed by atoms with van der Waals surface area (Å²) in [6, 6.07) is 8.85. The molecule has 0 unspecified atom stereocenters. The first-order chi connectivity index (χ1) is 11.8. The summed E-state index contributed by atoms with van der Waals surface area (Å²) in [6.07, 6.45) is 0. The molecule has 0 aromatic heterocycles. The zero-order chi connectivity index (χ0) is 18.4. The first kappa shape index (κ1) is 18.4. The van der Waals surface area contributed by atoms with E-state index in [9.17, 15) is 23.7 Å². The Hall–Kier alpha value is -2.94. The highest BCUT2D eigenvalue weighted by Crippen LogP contribution is 2.30. The smallest absolute Gasteiger partial charge is 0.387 e. The van der Waals surface area contributed by atoms with E-state index in [2.05, 4.69) is 15.4 Å². The molecule has 0 heterocycles. The van der Waals surface area contributed by atoms with E-state index in [4.69, 9.17) is 11.6 Å². The molecular weight excluding hydrogens is 360 g/mol. The lowest BCUT2D eigenvalue weighted by Crippen LogP contribution is -2.28. The Balaban J connectivity index is 2.08. The van der Waals surface area contributed by atoms with Gasteiger partial charge in [-0.25, -0.2) is 4.79 Å². The Morgan fingerprint density at radius 1 is 1.24 bits per heavy atom. The predicted octanol–water partition coefficient (Wildman–Crippen LogP) is 4.17. The van der Waals surface area contributed by atoms with Gasteiger partial charge in [0, 0.05) is 23.7 Å². The molecule has 0 aliphatic heterocycles. The summed E-state index contributed by atoms with van der Waals surface area (Å²) in [5.74, 6) is -0.387. The number of anilines is 1. The molecule has 2 rings (SSSR count). The van der Waals surface area contributed by atoms with Crippen LogP contribution < -0.4 is 15.4 Å². The molecule has 0 aliphatic carbocycles. The topological polar surface area (TPSA) is 93.5 Å². The van der Waals surface area contributed by atoms with Gasteiger partial charge in [0.25, 0.3) is 5.69 Å². The molecule has 0 spiro atoms. The Morgan fingerprint density at radius 2 is 1.92 bits per heavy atom. The van der Waals surface area contributed by atoms with Crippen molar-refractivity contribution in [3.05, 3.63) is 63.2 Å². The molecule has 132 valence electrons. The fraction of sp³-hybridized carbons (Fsp3) is 0.133. The minimum Gasteiger partial charge on any atom is -0.433 e. The maximum Gasteiger partial charge on any atom is 0.387 e. The van der Waals surface area contributed by atoms with Crippen molar-refractivity contribution < 1.29 is 23.2 Å². The lowest BCUT2D eigenvalue weighted by atomic mass is 10.2. The summed E-state index contributed by atoms with van der Waals surface area (Å²) in [5, 5.41) is 16.1. The van der Waals surface area contributed by atoms with Gasteiger partial charge in [-0.1, -0.05) is 23.7 Å². The van der Waals surface area contributed by atoms with Gasteiger partial charge < -0.3 is 15.4 Å². The Kier molecular flexibility index (Phi) is 6.07. The number of carbonyl (C=O) groups is 1. The van der Waals surface area contributed by atoms with E-state index >= 15 is 0 Å². The van der Waals surface area contributed by atoms with E-state index < -0.39 is 17.6 Å². The summed E-state index contributed by atoms with van der Waals surface area (Å²) in [7, 11) is 0. The van der Waals surface area contributed by atoms with Crippen molar-refractivity contribution in [1.82, 2.24) is 5.32 Å². The van der Waals surface area contributed by atoms with Gasteiger partial charge in [-0.15, -0.1) is 0 Å². The summed E-state index contributed by atoms with van der Waals surface area (Å²) >= 11 is 5.75. The summed E-state index contributed by atoms with van der Waals surface area (Å²) in [4.78, 5) is 22.0. The minimum atomic E-state index is -3.14. The van der Waals surface area contributed by atoms with E-state index in [-0.39, 0.29) is 23.7 Å². The lowest BCUT2D eigenvalue weighted by Gasteiger charge is -2.12. The molecule has 2 amide bonds. The Labute approximate surface area is 145 Å². The number of nitrogens with zero attached hydrogens (tertiary/aromatic N) is 1. The first-order valence-electron chi connectivity index (χ1n) is 6.87. The fourth-order valence-corrected chi connectivity index (χ4v) is 2.01. The summed E-state index contributed by atoms with van der Waals surface area (Å²) in [6.45, 7) is -3.00. The summed E-state index contributed by atoms with van der Waals surface area (Å²) < 4.78 is 29.1. The first-order valence-corrected chi connectivity index (χ1v) is 7.25. The minimum absolute atomic E-state index is 0.142. The number of ether oxygens (including phenoxy) is 1. The number of hydrogen-bond acceptors (Lipinski definition) is 4. The van der Waals surface area contributed by atoms with Crippen LogP contribution in [-0.2, 0) is 6.54 Å². The van der Waals surface area contributed by atoms with E-state index in [1.807, 2.05) is 0 Å². The third kappa shape index (κ3) is 5.57. The molecule has 0 atom stereocenters. The van der Waals surface area contributed by atoms with E-state index in [0.29, 0.717) is 5.02 Å². The van der Waals surface area contributed by atoms with Gasteiger partial charge in [0.2, 0.25) is 0 Å². The van der Waals surface area contributed by atoms with Crippen LogP contribution in [0.4, 0.5) is 25.0 Å². The van der Waals surface area contributed by atoms with Crippen LogP contribution in [0, 0.1) is 10.1 Å². The number of nitro groups is 1. The average Bonchev–Trinajstić information content (AvgIpc) is 2.55. The molecule has 2 aromatic carbocycles. The maximum absolute atomic E-state index is 12.4. The monoisotopic (exact) mass is 371 g/mol. The van der Waals surface area contributed by atoms with Crippen molar-refractivity contribution in [3.8, 4) is 5.75 Å². The lowest BCUT2D eigenvalue weighted by molar-refractivity contribution is -0.384. The van der Waals surface area contributed by atoms with Gasteiger partial charge in [0.15, 0.2) is 0 Å². The van der Waals surface area contributed by atoms with Crippen LogP contribution in [0.15, 0.2) is 42.5 Å². The normalized spacial score (nSPS) is 10.4. The zero-order valence-corrected chi connectivity index (χ0v) is 13.3. The van der Waals surface area contributed by atoms with Crippen molar-refractivity contribution in [2.45, 2.75) is 13.2 Å². The standard InChI is InChI=1S/C15H12ClF2N3O4/c16-10-3-1-9(2-4-10)8-19-15(22)20-12-7-11(21(23)24)5-6-13(12)25-14(17)18/h1-7,14H,8H2,(H2,19,20,22). The molecule has 2 aromatic rings. The van der Waals surface area contributed by atoms with Crippen LogP contribution in [0.2, 0.25) is 5.02 Å².